The Labute approximate surface area is 117 Å². The first kappa shape index (κ1) is 14.1. The first-order valence-corrected chi connectivity index (χ1v) is 6.49. The summed E-state index contributed by atoms with van der Waals surface area (Å²) >= 11 is 0. The molecule has 108 valence electrons. The predicted octanol–water partition coefficient (Wildman–Crippen LogP) is 1.30. The molecule has 0 bridgehead atoms. The molecule has 7 nitrogen and oxygen atoms in total. The van der Waals surface area contributed by atoms with Gasteiger partial charge in [0.15, 0.2) is 0 Å². The van der Waals surface area contributed by atoms with E-state index in [1.807, 2.05) is 6.07 Å². The van der Waals surface area contributed by atoms with Crippen molar-refractivity contribution in [1.82, 2.24) is 4.90 Å². The van der Waals surface area contributed by atoms with Gasteiger partial charge in [-0.3, -0.25) is 14.9 Å². The minimum Gasteiger partial charge on any atom is -0.388 e. The van der Waals surface area contributed by atoms with Gasteiger partial charge in [-0.25, -0.2) is 0 Å². The molecule has 0 saturated carbocycles. The van der Waals surface area contributed by atoms with Gasteiger partial charge < -0.3 is 15.1 Å². The molecule has 20 heavy (non-hydrogen) atoms. The Kier molecular flexibility index (Phi) is 4.07. The number of nitrogens with one attached hydrogen (secondary N) is 1. The molecular weight excluding hydrogens is 260 g/mol. The van der Waals surface area contributed by atoms with E-state index in [1.165, 1.54) is 6.07 Å². The molecule has 0 radical (unpaired) electrons. The Morgan fingerprint density at radius 1 is 1.25 bits per heavy atom. The van der Waals surface area contributed by atoms with Gasteiger partial charge in [0.2, 0.25) is 5.91 Å². The van der Waals surface area contributed by atoms with Crippen molar-refractivity contribution in [3.8, 4) is 0 Å². The third-order valence-electron chi connectivity index (χ3n) is 3.49. The van der Waals surface area contributed by atoms with Crippen LogP contribution in [0.25, 0.3) is 0 Å². The number of piperazine rings is 1. The summed E-state index contributed by atoms with van der Waals surface area (Å²) in [5.41, 5.74) is 1.59. The SMILES string of the molecule is CNc1cc(N2CCN(C(C)=O)CC2)cc([N+](=O)[O-])c1. The molecule has 1 aromatic carbocycles. The fourth-order valence-corrected chi connectivity index (χ4v) is 2.31. The summed E-state index contributed by atoms with van der Waals surface area (Å²) < 4.78 is 0. The van der Waals surface area contributed by atoms with Crippen LogP contribution in [0.5, 0.6) is 0 Å². The molecule has 1 saturated heterocycles. The van der Waals surface area contributed by atoms with Crippen LogP contribution in [0.15, 0.2) is 18.2 Å². The zero-order valence-corrected chi connectivity index (χ0v) is 11.6. The zero-order valence-electron chi connectivity index (χ0n) is 11.6. The number of anilines is 2. The van der Waals surface area contributed by atoms with Gasteiger partial charge in [0, 0.05) is 63.7 Å². The molecule has 1 heterocycles. The lowest BCUT2D eigenvalue weighted by atomic mass is 10.2. The zero-order chi connectivity index (χ0) is 14.7. The Morgan fingerprint density at radius 3 is 2.40 bits per heavy atom. The molecule has 1 aliphatic heterocycles. The number of hydrogen-bond acceptors (Lipinski definition) is 5. The number of nitrogens with zero attached hydrogens (tertiary/aromatic N) is 3. The van der Waals surface area contributed by atoms with Crippen LogP contribution in [0.2, 0.25) is 0 Å². The van der Waals surface area contributed by atoms with Gasteiger partial charge >= 0.3 is 0 Å². The molecular formula is C13H18N4O3. The van der Waals surface area contributed by atoms with Crippen LogP contribution in [0.4, 0.5) is 17.1 Å². The van der Waals surface area contributed by atoms with Crippen molar-refractivity contribution in [3.63, 3.8) is 0 Å². The van der Waals surface area contributed by atoms with Crippen molar-refractivity contribution in [1.29, 1.82) is 0 Å². The number of nitro groups is 1. The number of nitro benzene ring substituents is 1. The first-order valence-electron chi connectivity index (χ1n) is 6.49. The lowest BCUT2D eigenvalue weighted by Crippen LogP contribution is -2.48. The van der Waals surface area contributed by atoms with E-state index in [9.17, 15) is 14.9 Å². The predicted molar refractivity (Wildman–Crippen MR) is 77.1 cm³/mol. The second-order valence-corrected chi connectivity index (χ2v) is 4.74. The highest BCUT2D eigenvalue weighted by molar-refractivity contribution is 5.73. The Bertz CT molecular complexity index is 524. The van der Waals surface area contributed by atoms with Crippen LogP contribution in [0.3, 0.4) is 0 Å². The van der Waals surface area contributed by atoms with Gasteiger partial charge in [0.25, 0.3) is 5.69 Å². The van der Waals surface area contributed by atoms with E-state index in [0.717, 1.165) is 5.69 Å². The molecule has 2 rings (SSSR count). The average Bonchev–Trinajstić information content (AvgIpc) is 2.46. The third-order valence-corrected chi connectivity index (χ3v) is 3.49. The van der Waals surface area contributed by atoms with Crippen molar-refractivity contribution >= 4 is 23.0 Å². The first-order chi connectivity index (χ1) is 9.51. The van der Waals surface area contributed by atoms with E-state index in [4.69, 9.17) is 0 Å². The molecule has 7 heteroatoms. The number of carbonyl (C=O) groups is 1. The summed E-state index contributed by atoms with van der Waals surface area (Å²) in [4.78, 5) is 25.7. The summed E-state index contributed by atoms with van der Waals surface area (Å²) in [5, 5.41) is 13.9. The fourth-order valence-electron chi connectivity index (χ4n) is 2.31. The molecule has 0 aromatic heterocycles. The summed E-state index contributed by atoms with van der Waals surface area (Å²) in [6, 6.07) is 4.97. The smallest absolute Gasteiger partial charge is 0.273 e. The Hall–Kier alpha value is -2.31. The normalized spacial score (nSPS) is 15.1. The van der Waals surface area contributed by atoms with Gasteiger partial charge in [-0.1, -0.05) is 0 Å². The molecule has 1 aromatic rings. The van der Waals surface area contributed by atoms with Gasteiger partial charge in [0.05, 0.1) is 4.92 Å². The largest absolute Gasteiger partial charge is 0.388 e. The van der Waals surface area contributed by atoms with E-state index in [-0.39, 0.29) is 11.6 Å². The van der Waals surface area contributed by atoms with E-state index < -0.39 is 4.92 Å². The van der Waals surface area contributed by atoms with Crippen LogP contribution >= 0.6 is 0 Å². The molecule has 0 atom stereocenters. The highest BCUT2D eigenvalue weighted by Crippen LogP contribution is 2.27. The molecule has 1 amide bonds. The number of rotatable bonds is 3. The van der Waals surface area contributed by atoms with Crippen LogP contribution in [-0.4, -0.2) is 49.0 Å². The van der Waals surface area contributed by atoms with Crippen molar-refractivity contribution in [2.24, 2.45) is 0 Å². The van der Waals surface area contributed by atoms with E-state index in [0.29, 0.717) is 31.9 Å². The van der Waals surface area contributed by atoms with Crippen molar-refractivity contribution in [2.75, 3.05) is 43.4 Å². The second kappa shape index (κ2) is 5.77. The lowest BCUT2D eigenvalue weighted by Gasteiger charge is -2.35. The molecule has 1 fully saturated rings. The maximum absolute atomic E-state index is 11.3. The van der Waals surface area contributed by atoms with Gasteiger partial charge in [-0.05, 0) is 6.07 Å². The minimum absolute atomic E-state index is 0.0691. The number of benzene rings is 1. The monoisotopic (exact) mass is 278 g/mol. The van der Waals surface area contributed by atoms with Gasteiger partial charge in [0.1, 0.15) is 0 Å². The minimum atomic E-state index is -0.393. The molecule has 1 aliphatic rings. The maximum atomic E-state index is 11.3. The summed E-state index contributed by atoms with van der Waals surface area (Å²) in [6.45, 7) is 4.22. The van der Waals surface area contributed by atoms with Crippen LogP contribution < -0.4 is 10.2 Å². The van der Waals surface area contributed by atoms with E-state index in [2.05, 4.69) is 10.2 Å². The van der Waals surface area contributed by atoms with Crippen LogP contribution in [0, 0.1) is 10.1 Å². The highest BCUT2D eigenvalue weighted by atomic mass is 16.6. The summed E-state index contributed by atoms with van der Waals surface area (Å²) in [5.74, 6) is 0.0691. The number of carbonyl (C=O) groups excluding carboxylic acids is 1. The van der Waals surface area contributed by atoms with E-state index >= 15 is 0 Å². The standard InChI is InChI=1S/C13H18N4O3/c1-10(18)15-3-5-16(6-4-15)12-7-11(14-2)8-13(9-12)17(19)20/h7-9,14H,3-6H2,1-2H3. The average molecular weight is 278 g/mol. The fraction of sp³-hybridized carbons (Fsp3) is 0.462. The van der Waals surface area contributed by atoms with Gasteiger partial charge in [-0.15, -0.1) is 0 Å². The van der Waals surface area contributed by atoms with Crippen molar-refractivity contribution in [2.45, 2.75) is 6.92 Å². The van der Waals surface area contributed by atoms with Crippen molar-refractivity contribution < 1.29 is 9.72 Å². The highest BCUT2D eigenvalue weighted by Gasteiger charge is 2.20. The van der Waals surface area contributed by atoms with Crippen LogP contribution in [0.1, 0.15) is 6.92 Å². The Morgan fingerprint density at radius 2 is 1.90 bits per heavy atom. The van der Waals surface area contributed by atoms with Crippen LogP contribution in [-0.2, 0) is 4.79 Å². The Balaban J connectivity index is 2.19. The summed E-state index contributed by atoms with van der Waals surface area (Å²) in [7, 11) is 1.73. The number of amides is 1. The third kappa shape index (κ3) is 2.98. The molecule has 0 unspecified atom stereocenters. The van der Waals surface area contributed by atoms with E-state index in [1.54, 1.807) is 24.9 Å². The molecule has 1 N–H and O–H groups in total. The number of non-ortho nitro benzene ring substituents is 1. The summed E-state index contributed by atoms with van der Waals surface area (Å²) in [6.07, 6.45) is 0. The molecule has 0 aliphatic carbocycles. The van der Waals surface area contributed by atoms with Crippen molar-refractivity contribution in [3.05, 3.63) is 28.3 Å². The van der Waals surface area contributed by atoms with Gasteiger partial charge in [-0.2, -0.15) is 0 Å². The topological polar surface area (TPSA) is 78.7 Å². The number of hydrogen-bond donors (Lipinski definition) is 1. The maximum Gasteiger partial charge on any atom is 0.273 e. The second-order valence-electron chi connectivity index (χ2n) is 4.74. The quantitative estimate of drug-likeness (QED) is 0.666. The molecule has 0 spiro atoms. The lowest BCUT2D eigenvalue weighted by molar-refractivity contribution is -0.384.